The van der Waals surface area contributed by atoms with E-state index in [1.807, 2.05) is 14.1 Å². The molecule has 0 heterocycles. The summed E-state index contributed by atoms with van der Waals surface area (Å²) in [6, 6.07) is 0. The molecule has 0 aliphatic heterocycles. The van der Waals surface area contributed by atoms with E-state index < -0.39 is 0 Å². The topological polar surface area (TPSA) is 3.24 Å². The molecule has 1 nitrogen and oxygen atoms in total. The second kappa shape index (κ2) is 6.96. The average Bonchev–Trinajstić information content (AvgIpc) is 1.35. The Morgan fingerprint density at radius 2 is 1.86 bits per heavy atom. The van der Waals surface area contributed by atoms with Crippen molar-refractivity contribution in [1.29, 1.82) is 0 Å². The summed E-state index contributed by atoms with van der Waals surface area (Å²) in [7, 11) is 4.09. The van der Waals surface area contributed by atoms with Gasteiger partial charge in [-0.3, -0.25) is 0 Å². The van der Waals surface area contributed by atoms with E-state index in [9.17, 15) is 0 Å². The van der Waals surface area contributed by atoms with Gasteiger partial charge < -0.3 is 11.8 Å². The zero-order valence-electron chi connectivity index (χ0n) is 5.57. The molecule has 2 heteroatoms. The van der Waals surface area contributed by atoms with Gasteiger partial charge in [-0.25, -0.2) is 0 Å². The fourth-order valence-electron chi connectivity index (χ4n) is 0.316. The third-order valence-corrected chi connectivity index (χ3v) is 0.605. The number of rotatable bonds is 2. The first-order valence-electron chi connectivity index (χ1n) is 2.21. The van der Waals surface area contributed by atoms with Crippen LogP contribution in [0.15, 0.2) is 0 Å². The predicted molar refractivity (Wildman–Crippen MR) is 28.5 cm³/mol. The maximum absolute atomic E-state index is 3.68. The Bertz CT molecular complexity index is 29.3. The molecule has 0 saturated carbocycles. The van der Waals surface area contributed by atoms with Crippen molar-refractivity contribution < 1.29 is 29.6 Å². The molecule has 0 fully saturated rings. The van der Waals surface area contributed by atoms with Gasteiger partial charge in [0.1, 0.15) is 0 Å². The number of hydrogen-bond acceptors (Lipinski definition) is 1. The van der Waals surface area contributed by atoms with E-state index in [-0.39, 0.29) is 29.6 Å². The normalized spacial score (nSPS) is 8.57. The van der Waals surface area contributed by atoms with Crippen LogP contribution in [0.5, 0.6) is 0 Å². The summed E-state index contributed by atoms with van der Waals surface area (Å²) in [5.41, 5.74) is 0. The van der Waals surface area contributed by atoms with Crippen molar-refractivity contribution in [3.05, 3.63) is 6.92 Å². The van der Waals surface area contributed by atoms with E-state index in [2.05, 4.69) is 11.8 Å². The first-order valence-corrected chi connectivity index (χ1v) is 2.21. The molecule has 0 atom stereocenters. The maximum atomic E-state index is 3.68. The third kappa shape index (κ3) is 10.9. The van der Waals surface area contributed by atoms with Crippen molar-refractivity contribution in [2.75, 3.05) is 20.6 Å². The molecule has 38 valence electrons. The summed E-state index contributed by atoms with van der Waals surface area (Å²) in [6.45, 7) is 4.78. The minimum absolute atomic E-state index is 0. The zero-order chi connectivity index (χ0) is 4.99. The van der Waals surface area contributed by atoms with Crippen LogP contribution in [-0.4, -0.2) is 25.5 Å². The first kappa shape index (κ1) is 10.9. The predicted octanol–water partition coefficient (Wildman–Crippen LogP) is -2.22. The van der Waals surface area contributed by atoms with Crippen molar-refractivity contribution >= 4 is 0 Å². The Balaban J connectivity index is 0. The van der Waals surface area contributed by atoms with E-state index in [1.165, 1.54) is 0 Å². The summed E-state index contributed by atoms with van der Waals surface area (Å²) >= 11 is 0. The Kier molecular flexibility index (Phi) is 10.8. The number of nitrogens with zero attached hydrogens (tertiary/aromatic N) is 1. The van der Waals surface area contributed by atoms with Gasteiger partial charge in [0.25, 0.3) is 0 Å². The van der Waals surface area contributed by atoms with Crippen molar-refractivity contribution in [3.63, 3.8) is 0 Å². The third-order valence-electron chi connectivity index (χ3n) is 0.605. The molecule has 0 radical (unpaired) electrons. The van der Waals surface area contributed by atoms with Gasteiger partial charge in [0.15, 0.2) is 0 Å². The molecule has 0 unspecified atom stereocenters. The Morgan fingerprint density at radius 3 is 1.86 bits per heavy atom. The van der Waals surface area contributed by atoms with Gasteiger partial charge in [0, 0.05) is 0 Å². The van der Waals surface area contributed by atoms with Crippen LogP contribution in [0.3, 0.4) is 0 Å². The summed E-state index contributed by atoms with van der Waals surface area (Å²) < 4.78 is 0. The van der Waals surface area contributed by atoms with Crippen LogP contribution in [0.1, 0.15) is 6.42 Å². The van der Waals surface area contributed by atoms with Crippen LogP contribution >= 0.6 is 0 Å². The zero-order valence-corrected chi connectivity index (χ0v) is 7.57. The standard InChI is InChI=1S/C5H12N.Na/c1-4-5-6(2)3;/h1,4-5H2,2-3H3;/q-1;+1. The van der Waals surface area contributed by atoms with Crippen LogP contribution in [0.25, 0.3) is 0 Å². The number of hydrogen-bond donors (Lipinski definition) is 0. The van der Waals surface area contributed by atoms with Crippen LogP contribution in [-0.2, 0) is 0 Å². The smallest absolute Gasteiger partial charge is 0.342 e. The summed E-state index contributed by atoms with van der Waals surface area (Å²) in [5, 5.41) is 0. The second-order valence-electron chi connectivity index (χ2n) is 1.66. The van der Waals surface area contributed by atoms with Crippen LogP contribution in [0, 0.1) is 6.92 Å². The molecule has 0 aliphatic rings. The van der Waals surface area contributed by atoms with Crippen LogP contribution < -0.4 is 29.6 Å². The minimum atomic E-state index is 0. The van der Waals surface area contributed by atoms with Crippen molar-refractivity contribution in [2.24, 2.45) is 0 Å². The van der Waals surface area contributed by atoms with Gasteiger partial charge in [-0.05, 0) is 20.6 Å². The average molecular weight is 109 g/mol. The fraction of sp³-hybridized carbons (Fsp3) is 0.800. The molecule has 0 spiro atoms. The summed E-state index contributed by atoms with van der Waals surface area (Å²) in [4.78, 5) is 2.12. The monoisotopic (exact) mass is 109 g/mol. The van der Waals surface area contributed by atoms with E-state index >= 15 is 0 Å². The molecule has 0 rings (SSSR count). The largest absolute Gasteiger partial charge is 1.00 e. The van der Waals surface area contributed by atoms with Crippen molar-refractivity contribution in [1.82, 2.24) is 4.90 Å². The molecule has 0 bridgehead atoms. The van der Waals surface area contributed by atoms with E-state index in [0.717, 1.165) is 13.0 Å². The van der Waals surface area contributed by atoms with Gasteiger partial charge >= 0.3 is 29.6 Å². The molecule has 0 saturated heterocycles. The van der Waals surface area contributed by atoms with Gasteiger partial charge in [-0.1, -0.05) is 0 Å². The minimum Gasteiger partial charge on any atom is -0.342 e. The second-order valence-corrected chi connectivity index (χ2v) is 1.66. The van der Waals surface area contributed by atoms with Gasteiger partial charge in [-0.2, -0.15) is 6.42 Å². The quantitative estimate of drug-likeness (QED) is 0.287. The molecule has 0 aromatic rings. The molecule has 7 heavy (non-hydrogen) atoms. The van der Waals surface area contributed by atoms with E-state index in [0.29, 0.717) is 0 Å². The Labute approximate surface area is 68.4 Å². The van der Waals surface area contributed by atoms with Gasteiger partial charge in [0.2, 0.25) is 0 Å². The Hall–Kier alpha value is 0.960. The van der Waals surface area contributed by atoms with Gasteiger partial charge in [-0.15, -0.1) is 0 Å². The van der Waals surface area contributed by atoms with E-state index in [1.54, 1.807) is 0 Å². The fourth-order valence-corrected chi connectivity index (χ4v) is 0.316. The summed E-state index contributed by atoms with van der Waals surface area (Å²) in [6.07, 6.45) is 1.01. The summed E-state index contributed by atoms with van der Waals surface area (Å²) in [5.74, 6) is 0. The van der Waals surface area contributed by atoms with Crippen LogP contribution in [0.4, 0.5) is 0 Å². The Morgan fingerprint density at radius 1 is 1.43 bits per heavy atom. The van der Waals surface area contributed by atoms with Gasteiger partial charge in [0.05, 0.1) is 0 Å². The first-order chi connectivity index (χ1) is 2.77. The molecular formula is C5H12NNa. The van der Waals surface area contributed by atoms with Crippen molar-refractivity contribution in [3.8, 4) is 0 Å². The SMILES string of the molecule is [CH2-]CCN(C)C.[Na+]. The molecule has 0 aromatic heterocycles. The van der Waals surface area contributed by atoms with Crippen LogP contribution in [0.2, 0.25) is 0 Å². The molecular weight excluding hydrogens is 97.1 g/mol. The molecule has 0 aromatic carbocycles. The molecule has 0 aliphatic carbocycles. The molecule has 0 amide bonds. The maximum Gasteiger partial charge on any atom is 1.00 e. The van der Waals surface area contributed by atoms with E-state index in [4.69, 9.17) is 0 Å². The molecule has 0 N–H and O–H groups in total. The van der Waals surface area contributed by atoms with Crippen molar-refractivity contribution in [2.45, 2.75) is 6.42 Å².